The number of hydrogen-bond donors (Lipinski definition) is 0. The molecule has 6 aromatic carbocycles. The molecule has 0 saturated carbocycles. The van der Waals surface area contributed by atoms with Crippen LogP contribution in [0.4, 0.5) is 0 Å². The van der Waals surface area contributed by atoms with E-state index in [4.69, 9.17) is 0 Å². The normalized spacial score (nSPS) is 14.0. The highest BCUT2D eigenvalue weighted by atomic mass is 15.0. The molecular weight excluding hydrogens is 470 g/mol. The van der Waals surface area contributed by atoms with Gasteiger partial charge < -0.3 is 4.57 Å². The predicted molar refractivity (Wildman–Crippen MR) is 164 cm³/mol. The minimum absolute atomic E-state index is 0.279. The Morgan fingerprint density at radius 3 is 2.10 bits per heavy atom. The van der Waals surface area contributed by atoms with E-state index >= 15 is 0 Å². The van der Waals surface area contributed by atoms with Crippen LogP contribution in [0.1, 0.15) is 28.2 Å². The molecule has 0 spiro atoms. The molecule has 1 unspecified atom stereocenters. The highest BCUT2D eigenvalue weighted by Gasteiger charge is 2.29. The molecule has 0 fully saturated rings. The SMILES string of the molecule is Cc1cccc(-n2c3ccccc3c3cc(-c4ccc5c(c4)-c4ccccc4C5c4ccccc4)ccc32)c1. The summed E-state index contributed by atoms with van der Waals surface area (Å²) in [5.74, 6) is 0.279. The highest BCUT2D eigenvalue weighted by molar-refractivity contribution is 6.10. The molecule has 1 aliphatic rings. The number of aryl methyl sites for hydroxylation is 1. The van der Waals surface area contributed by atoms with Crippen LogP contribution in [0, 0.1) is 6.92 Å². The van der Waals surface area contributed by atoms with Crippen LogP contribution in [0.2, 0.25) is 0 Å². The van der Waals surface area contributed by atoms with Gasteiger partial charge in [-0.3, -0.25) is 0 Å². The third-order valence-corrected chi connectivity index (χ3v) is 8.32. The average Bonchev–Trinajstić information content (AvgIpc) is 3.50. The Morgan fingerprint density at radius 2 is 1.21 bits per heavy atom. The van der Waals surface area contributed by atoms with Crippen molar-refractivity contribution in [2.75, 3.05) is 0 Å². The number of aromatic nitrogens is 1. The molecule has 39 heavy (non-hydrogen) atoms. The number of benzene rings is 6. The zero-order valence-corrected chi connectivity index (χ0v) is 21.8. The summed E-state index contributed by atoms with van der Waals surface area (Å²) in [6.45, 7) is 2.16. The number of para-hydroxylation sites is 1. The topological polar surface area (TPSA) is 4.93 Å². The van der Waals surface area contributed by atoms with E-state index in [0.29, 0.717) is 0 Å². The van der Waals surface area contributed by atoms with E-state index in [1.165, 1.54) is 72.0 Å². The minimum Gasteiger partial charge on any atom is -0.309 e. The molecule has 0 N–H and O–H groups in total. The van der Waals surface area contributed by atoms with Crippen LogP contribution in [-0.4, -0.2) is 4.57 Å². The molecular formula is C38H27N. The van der Waals surface area contributed by atoms with Gasteiger partial charge in [-0.05, 0) is 87.8 Å². The van der Waals surface area contributed by atoms with E-state index in [1.807, 2.05) is 0 Å². The summed E-state index contributed by atoms with van der Waals surface area (Å²) < 4.78 is 2.39. The average molecular weight is 498 g/mol. The fourth-order valence-corrected chi connectivity index (χ4v) is 6.58. The molecule has 8 rings (SSSR count). The van der Waals surface area contributed by atoms with Crippen LogP contribution < -0.4 is 0 Å². The second-order valence-electron chi connectivity index (χ2n) is 10.7. The van der Waals surface area contributed by atoms with E-state index in [0.717, 1.165) is 0 Å². The maximum atomic E-state index is 2.40. The van der Waals surface area contributed by atoms with Crippen molar-refractivity contribution in [3.63, 3.8) is 0 Å². The molecule has 1 atom stereocenters. The summed E-state index contributed by atoms with van der Waals surface area (Å²) in [4.78, 5) is 0. The van der Waals surface area contributed by atoms with E-state index in [-0.39, 0.29) is 5.92 Å². The number of rotatable bonds is 3. The third kappa shape index (κ3) is 3.40. The van der Waals surface area contributed by atoms with Gasteiger partial charge in [0.2, 0.25) is 0 Å². The fourth-order valence-electron chi connectivity index (χ4n) is 6.58. The Labute approximate surface area is 228 Å². The monoisotopic (exact) mass is 497 g/mol. The first-order chi connectivity index (χ1) is 19.3. The Hall–Kier alpha value is -4.88. The Balaban J connectivity index is 1.31. The van der Waals surface area contributed by atoms with Crippen molar-refractivity contribution >= 4 is 21.8 Å². The van der Waals surface area contributed by atoms with Crippen molar-refractivity contribution in [2.45, 2.75) is 12.8 Å². The lowest BCUT2D eigenvalue weighted by Gasteiger charge is -2.14. The van der Waals surface area contributed by atoms with Gasteiger partial charge in [-0.25, -0.2) is 0 Å². The summed E-state index contributed by atoms with van der Waals surface area (Å²) in [6, 6.07) is 51.3. The fraction of sp³-hybridized carbons (Fsp3) is 0.0526. The number of fused-ring (bicyclic) bond motifs is 6. The van der Waals surface area contributed by atoms with Crippen molar-refractivity contribution < 1.29 is 0 Å². The van der Waals surface area contributed by atoms with Crippen LogP contribution in [0.5, 0.6) is 0 Å². The largest absolute Gasteiger partial charge is 0.309 e. The molecule has 7 aromatic rings. The van der Waals surface area contributed by atoms with Crippen molar-refractivity contribution in [3.05, 3.63) is 162 Å². The lowest BCUT2D eigenvalue weighted by Crippen LogP contribution is -1.98. The quantitative estimate of drug-likeness (QED) is 0.229. The summed E-state index contributed by atoms with van der Waals surface area (Å²) >= 11 is 0. The van der Waals surface area contributed by atoms with Crippen LogP contribution >= 0.6 is 0 Å². The van der Waals surface area contributed by atoms with Gasteiger partial charge in [0.1, 0.15) is 0 Å². The predicted octanol–water partition coefficient (Wildman–Crippen LogP) is 9.92. The molecule has 184 valence electrons. The maximum absolute atomic E-state index is 2.40. The molecule has 1 nitrogen and oxygen atoms in total. The molecule has 1 heterocycles. The standard InChI is InChI=1S/C38H27N/c1-25-10-9-13-29(22-25)39-36-17-8-7-15-31(36)35-24-28(19-21-37(35)39)27-18-20-33-34(23-27)30-14-5-6-16-32(30)38(33)26-11-3-2-4-12-26/h2-24,38H,1H3. The smallest absolute Gasteiger partial charge is 0.0541 e. The molecule has 0 bridgehead atoms. The van der Waals surface area contributed by atoms with Crippen LogP contribution in [0.25, 0.3) is 49.7 Å². The van der Waals surface area contributed by atoms with Gasteiger partial charge in [0.25, 0.3) is 0 Å². The summed E-state index contributed by atoms with van der Waals surface area (Å²) in [6.07, 6.45) is 0. The van der Waals surface area contributed by atoms with Crippen LogP contribution in [0.15, 0.2) is 140 Å². The Bertz CT molecular complexity index is 2030. The number of nitrogens with zero attached hydrogens (tertiary/aromatic N) is 1. The molecule has 1 aliphatic carbocycles. The summed E-state index contributed by atoms with van der Waals surface area (Å²) in [5.41, 5.74) is 14.3. The molecule has 0 amide bonds. The molecule has 0 aliphatic heterocycles. The Kier molecular flexibility index (Phi) is 4.87. The molecule has 1 heteroatoms. The van der Waals surface area contributed by atoms with E-state index < -0.39 is 0 Å². The van der Waals surface area contributed by atoms with Gasteiger partial charge in [-0.15, -0.1) is 0 Å². The highest BCUT2D eigenvalue weighted by Crippen LogP contribution is 2.49. The van der Waals surface area contributed by atoms with Gasteiger partial charge in [0.05, 0.1) is 11.0 Å². The van der Waals surface area contributed by atoms with Crippen molar-refractivity contribution in [3.8, 4) is 27.9 Å². The van der Waals surface area contributed by atoms with Crippen LogP contribution in [-0.2, 0) is 0 Å². The van der Waals surface area contributed by atoms with E-state index in [1.54, 1.807) is 0 Å². The zero-order valence-electron chi connectivity index (χ0n) is 21.8. The summed E-state index contributed by atoms with van der Waals surface area (Å²) in [5, 5.41) is 2.57. The van der Waals surface area contributed by atoms with Gasteiger partial charge in [0, 0.05) is 22.4 Å². The van der Waals surface area contributed by atoms with Crippen LogP contribution in [0.3, 0.4) is 0 Å². The zero-order chi connectivity index (χ0) is 25.9. The van der Waals surface area contributed by atoms with Crippen molar-refractivity contribution in [2.24, 2.45) is 0 Å². The first-order valence-electron chi connectivity index (χ1n) is 13.6. The lowest BCUT2D eigenvalue weighted by atomic mass is 9.89. The third-order valence-electron chi connectivity index (χ3n) is 8.32. The van der Waals surface area contributed by atoms with E-state index in [9.17, 15) is 0 Å². The number of hydrogen-bond acceptors (Lipinski definition) is 0. The molecule has 0 saturated heterocycles. The first kappa shape index (κ1) is 22.1. The van der Waals surface area contributed by atoms with Gasteiger partial charge in [-0.1, -0.05) is 103 Å². The second kappa shape index (κ2) is 8.58. The molecule has 0 radical (unpaired) electrons. The van der Waals surface area contributed by atoms with Crippen molar-refractivity contribution in [1.29, 1.82) is 0 Å². The van der Waals surface area contributed by atoms with Gasteiger partial charge in [-0.2, -0.15) is 0 Å². The minimum atomic E-state index is 0.279. The van der Waals surface area contributed by atoms with Crippen molar-refractivity contribution in [1.82, 2.24) is 4.57 Å². The van der Waals surface area contributed by atoms with Gasteiger partial charge in [0.15, 0.2) is 0 Å². The van der Waals surface area contributed by atoms with Gasteiger partial charge >= 0.3 is 0 Å². The van der Waals surface area contributed by atoms with E-state index in [2.05, 4.69) is 151 Å². The Morgan fingerprint density at radius 1 is 0.487 bits per heavy atom. The first-order valence-corrected chi connectivity index (χ1v) is 13.6. The lowest BCUT2D eigenvalue weighted by molar-refractivity contribution is 1.02. The maximum Gasteiger partial charge on any atom is 0.0541 e. The second-order valence-corrected chi connectivity index (χ2v) is 10.7. The molecule has 1 aromatic heterocycles. The summed E-state index contributed by atoms with van der Waals surface area (Å²) in [7, 11) is 0.